The third-order valence-electron chi connectivity index (χ3n) is 8.04. The molecule has 1 aliphatic heterocycles. The molecule has 0 spiro atoms. The van der Waals surface area contributed by atoms with Gasteiger partial charge < -0.3 is 29.2 Å². The summed E-state index contributed by atoms with van der Waals surface area (Å²) in [6.07, 6.45) is 0. The van der Waals surface area contributed by atoms with Crippen molar-refractivity contribution in [1.29, 1.82) is 5.26 Å². The van der Waals surface area contributed by atoms with Crippen LogP contribution in [-0.2, 0) is 24.6 Å². The number of aryl methyl sites for hydroxylation is 1. The third kappa shape index (κ3) is 7.07. The number of nitrogens with one attached hydrogen (secondary N) is 1. The Kier molecular flexibility index (Phi) is 9.75. The maximum atomic E-state index is 13.9. The van der Waals surface area contributed by atoms with E-state index in [-0.39, 0.29) is 25.3 Å². The summed E-state index contributed by atoms with van der Waals surface area (Å²) in [4.78, 5) is 11.8. The van der Waals surface area contributed by atoms with Crippen molar-refractivity contribution in [1.82, 2.24) is 5.32 Å². The van der Waals surface area contributed by atoms with Gasteiger partial charge in [-0.15, -0.1) is 0 Å². The van der Waals surface area contributed by atoms with Crippen LogP contribution in [0.5, 0.6) is 23.0 Å². The van der Waals surface area contributed by atoms with Gasteiger partial charge in [0.1, 0.15) is 55.4 Å². The molecule has 3 N–H and O–H groups in total. The van der Waals surface area contributed by atoms with Crippen LogP contribution >= 0.6 is 0 Å². The van der Waals surface area contributed by atoms with Crippen LogP contribution in [-0.4, -0.2) is 41.5 Å². The van der Waals surface area contributed by atoms with Gasteiger partial charge >= 0.3 is 5.97 Å². The molecule has 4 aromatic rings. The van der Waals surface area contributed by atoms with Crippen LogP contribution in [0.25, 0.3) is 11.1 Å². The van der Waals surface area contributed by atoms with Crippen LogP contribution < -0.4 is 24.3 Å². The number of aliphatic hydroxyl groups is 1. The first-order valence-corrected chi connectivity index (χ1v) is 14.8. The van der Waals surface area contributed by atoms with Gasteiger partial charge in [-0.3, -0.25) is 10.1 Å². The van der Waals surface area contributed by atoms with E-state index < -0.39 is 23.9 Å². The molecule has 1 aliphatic rings. The van der Waals surface area contributed by atoms with Crippen molar-refractivity contribution in [2.24, 2.45) is 0 Å². The Morgan fingerprint density at radius 1 is 0.978 bits per heavy atom. The average molecular weight is 627 g/mol. The Bertz CT molecular complexity index is 1800. The van der Waals surface area contributed by atoms with E-state index >= 15 is 0 Å². The zero-order valence-corrected chi connectivity index (χ0v) is 25.9. The number of aliphatic hydroxyl groups excluding tert-OH is 1. The van der Waals surface area contributed by atoms with E-state index in [1.54, 1.807) is 6.07 Å². The van der Waals surface area contributed by atoms with Crippen molar-refractivity contribution in [3.63, 3.8) is 0 Å². The highest BCUT2D eigenvalue weighted by atomic mass is 19.1. The standard InChI is InChI=1S/C36H35FN2O7/c1-22-13-28(18-39-36(3,21-40)35(41)42)33(45-19-24-7-9-30(37)27(14-24)17-38)16-32(22)46-20-26-5-4-6-29(23(26)2)25-8-10-31-34(15-25)44-12-11-43-31/h4-10,13-16,39-40H,11-12,18-21H2,1-3H3,(H,41,42)/t36-/m0/s1. The van der Waals surface area contributed by atoms with Gasteiger partial charge in [-0.25, -0.2) is 4.39 Å². The maximum Gasteiger partial charge on any atom is 0.326 e. The summed E-state index contributed by atoms with van der Waals surface area (Å²) in [5.74, 6) is 0.597. The predicted octanol–water partition coefficient (Wildman–Crippen LogP) is 5.84. The summed E-state index contributed by atoms with van der Waals surface area (Å²) in [6, 6.07) is 21.5. The Morgan fingerprint density at radius 2 is 1.74 bits per heavy atom. The number of halogens is 1. The third-order valence-corrected chi connectivity index (χ3v) is 8.04. The van der Waals surface area contributed by atoms with Gasteiger partial charge in [0.2, 0.25) is 0 Å². The maximum absolute atomic E-state index is 13.9. The number of carboxylic acids is 1. The highest BCUT2D eigenvalue weighted by molar-refractivity contribution is 5.78. The Labute approximate surface area is 266 Å². The van der Waals surface area contributed by atoms with E-state index in [1.165, 1.54) is 25.1 Å². The van der Waals surface area contributed by atoms with Crippen LogP contribution in [0.1, 0.15) is 40.3 Å². The lowest BCUT2D eigenvalue weighted by Gasteiger charge is -2.25. The van der Waals surface area contributed by atoms with Gasteiger partial charge in [-0.1, -0.05) is 30.3 Å². The molecule has 0 radical (unpaired) electrons. The first-order valence-electron chi connectivity index (χ1n) is 14.8. The summed E-state index contributed by atoms with van der Waals surface area (Å²) in [7, 11) is 0. The molecule has 0 aromatic heterocycles. The van der Waals surface area contributed by atoms with E-state index in [4.69, 9.17) is 18.9 Å². The highest BCUT2D eigenvalue weighted by Gasteiger charge is 2.32. The molecule has 4 aromatic carbocycles. The number of nitriles is 1. The molecule has 0 amide bonds. The van der Waals surface area contributed by atoms with Crippen molar-refractivity contribution in [3.8, 4) is 40.2 Å². The van der Waals surface area contributed by atoms with Gasteiger partial charge in [0, 0.05) is 18.2 Å². The number of nitrogens with zero attached hydrogens (tertiary/aromatic N) is 1. The number of hydrogen-bond acceptors (Lipinski definition) is 8. The first kappa shape index (κ1) is 32.3. The second-order valence-corrected chi connectivity index (χ2v) is 11.3. The van der Waals surface area contributed by atoms with Crippen LogP contribution in [0, 0.1) is 31.0 Å². The summed E-state index contributed by atoms with van der Waals surface area (Å²) in [5, 5.41) is 31.4. The molecule has 0 saturated carbocycles. The summed E-state index contributed by atoms with van der Waals surface area (Å²) in [6.45, 7) is 6.10. The quantitative estimate of drug-likeness (QED) is 0.178. The molecule has 0 bridgehead atoms. The van der Waals surface area contributed by atoms with Gasteiger partial charge in [0.05, 0.1) is 12.2 Å². The molecule has 1 atom stereocenters. The van der Waals surface area contributed by atoms with E-state index in [0.29, 0.717) is 35.8 Å². The fourth-order valence-electron chi connectivity index (χ4n) is 5.07. The number of rotatable bonds is 12. The van der Waals surface area contributed by atoms with E-state index in [0.717, 1.165) is 39.3 Å². The number of fused-ring (bicyclic) bond motifs is 1. The summed E-state index contributed by atoms with van der Waals surface area (Å²) in [5.41, 5.74) is 4.42. The minimum atomic E-state index is -1.57. The molecule has 9 nitrogen and oxygen atoms in total. The van der Waals surface area contributed by atoms with Gasteiger partial charge in [0.25, 0.3) is 0 Å². The summed E-state index contributed by atoms with van der Waals surface area (Å²) < 4.78 is 37.8. The minimum absolute atomic E-state index is 0.0251. The van der Waals surface area contributed by atoms with E-state index in [9.17, 15) is 24.7 Å². The summed E-state index contributed by atoms with van der Waals surface area (Å²) >= 11 is 0. The number of ether oxygens (including phenoxy) is 4. The molecule has 0 unspecified atom stereocenters. The van der Waals surface area contributed by atoms with Crippen LogP contribution in [0.4, 0.5) is 4.39 Å². The molecule has 5 rings (SSSR count). The van der Waals surface area contributed by atoms with Crippen molar-refractivity contribution in [2.45, 2.75) is 46.1 Å². The van der Waals surface area contributed by atoms with Gasteiger partial charge in [0.15, 0.2) is 11.5 Å². The first-order chi connectivity index (χ1) is 22.1. The smallest absolute Gasteiger partial charge is 0.326 e. The molecule has 1 heterocycles. The number of carboxylic acid groups (broad SMARTS) is 1. The Morgan fingerprint density at radius 3 is 2.48 bits per heavy atom. The molecule has 0 aliphatic carbocycles. The molecule has 10 heteroatoms. The number of hydrogen-bond donors (Lipinski definition) is 3. The van der Waals surface area contributed by atoms with E-state index in [2.05, 4.69) is 5.32 Å². The van der Waals surface area contributed by atoms with Crippen LogP contribution in [0.2, 0.25) is 0 Å². The SMILES string of the molecule is Cc1cc(CN[C@@](C)(CO)C(=O)O)c(OCc2ccc(F)c(C#N)c2)cc1OCc1cccc(-c2ccc3c(c2)OCCO3)c1C. The zero-order chi connectivity index (χ0) is 32.8. The van der Waals surface area contributed by atoms with Crippen LogP contribution in [0.15, 0.2) is 66.7 Å². The second kappa shape index (κ2) is 13.9. The molecule has 0 fully saturated rings. The largest absolute Gasteiger partial charge is 0.488 e. The van der Waals surface area contributed by atoms with Crippen molar-refractivity contribution in [3.05, 3.63) is 106 Å². The zero-order valence-electron chi connectivity index (χ0n) is 25.9. The Balaban J connectivity index is 1.40. The number of benzene rings is 4. The Hall–Kier alpha value is -5.11. The molecule has 0 saturated heterocycles. The lowest BCUT2D eigenvalue weighted by molar-refractivity contribution is -0.145. The van der Waals surface area contributed by atoms with Gasteiger partial charge in [-0.2, -0.15) is 5.26 Å². The minimum Gasteiger partial charge on any atom is -0.488 e. The molecule has 46 heavy (non-hydrogen) atoms. The molecule has 238 valence electrons. The molecular weight excluding hydrogens is 591 g/mol. The fraction of sp³-hybridized carbons (Fsp3) is 0.278. The monoisotopic (exact) mass is 626 g/mol. The second-order valence-electron chi connectivity index (χ2n) is 11.3. The van der Waals surface area contributed by atoms with Crippen molar-refractivity contribution < 1.29 is 38.3 Å². The number of carbonyl (C=O) groups is 1. The van der Waals surface area contributed by atoms with E-state index in [1.807, 2.05) is 62.4 Å². The normalized spacial score (nSPS) is 13.4. The lowest BCUT2D eigenvalue weighted by atomic mass is 9.96. The number of aliphatic carboxylic acids is 1. The molecular formula is C36H35FN2O7. The highest BCUT2D eigenvalue weighted by Crippen LogP contribution is 2.37. The van der Waals surface area contributed by atoms with Crippen molar-refractivity contribution in [2.75, 3.05) is 19.8 Å². The van der Waals surface area contributed by atoms with Crippen molar-refractivity contribution >= 4 is 5.97 Å². The predicted molar refractivity (Wildman–Crippen MR) is 169 cm³/mol. The van der Waals surface area contributed by atoms with Crippen LogP contribution in [0.3, 0.4) is 0 Å². The topological polar surface area (TPSA) is 130 Å². The fourth-order valence-corrected chi connectivity index (χ4v) is 5.07. The van der Waals surface area contributed by atoms with Gasteiger partial charge in [-0.05, 0) is 84.5 Å². The average Bonchev–Trinajstić information content (AvgIpc) is 3.06. The lowest BCUT2D eigenvalue weighted by Crippen LogP contribution is -2.52.